The third-order valence-electron chi connectivity index (χ3n) is 8.55. The molecule has 0 saturated carbocycles. The summed E-state index contributed by atoms with van der Waals surface area (Å²) in [5.41, 5.74) is 7.97. The molecule has 0 unspecified atom stereocenters. The standard InChI is InChI=1S/C39H27F3N2O2/c1-24-8-18-35-33(20-24)34-21-29(15-19-36(34)45-35)44(27-6-4-3-5-7-27)30-14-17-32-31-16-13-28(22-37(31)46-38(32)23-30)43(2)26-11-9-25(10-12-26)39(40,41)42/h3-23H,1-2H3. The monoisotopic (exact) mass is 612 g/mol. The van der Waals surface area contributed by atoms with E-state index in [1.807, 2.05) is 66.5 Å². The van der Waals surface area contributed by atoms with Crippen LogP contribution < -0.4 is 9.80 Å². The van der Waals surface area contributed by atoms with E-state index in [0.717, 1.165) is 73.2 Å². The highest BCUT2D eigenvalue weighted by atomic mass is 19.4. The smallest absolute Gasteiger partial charge is 0.416 e. The van der Waals surface area contributed by atoms with Gasteiger partial charge in [-0.1, -0.05) is 29.8 Å². The van der Waals surface area contributed by atoms with Gasteiger partial charge in [-0.15, -0.1) is 0 Å². The van der Waals surface area contributed by atoms with E-state index >= 15 is 0 Å². The number of anilines is 5. The molecule has 2 heterocycles. The zero-order valence-electron chi connectivity index (χ0n) is 25.0. The van der Waals surface area contributed by atoms with Gasteiger partial charge in [-0.05, 0) is 97.9 Å². The van der Waals surface area contributed by atoms with Gasteiger partial charge >= 0.3 is 6.18 Å². The number of halogens is 3. The van der Waals surface area contributed by atoms with Gasteiger partial charge in [-0.3, -0.25) is 0 Å². The molecule has 7 heteroatoms. The molecule has 0 aliphatic heterocycles. The third-order valence-corrected chi connectivity index (χ3v) is 8.55. The first-order valence-corrected chi connectivity index (χ1v) is 14.9. The predicted octanol–water partition coefficient (Wildman–Crippen LogP) is 12.1. The predicted molar refractivity (Wildman–Crippen MR) is 180 cm³/mol. The molecule has 0 bridgehead atoms. The summed E-state index contributed by atoms with van der Waals surface area (Å²) < 4.78 is 51.8. The first-order chi connectivity index (χ1) is 22.2. The van der Waals surface area contributed by atoms with Gasteiger partial charge in [0.1, 0.15) is 22.3 Å². The minimum atomic E-state index is -4.38. The van der Waals surface area contributed by atoms with E-state index in [1.165, 1.54) is 17.7 Å². The second kappa shape index (κ2) is 10.4. The van der Waals surface area contributed by atoms with Crippen molar-refractivity contribution in [2.45, 2.75) is 13.1 Å². The highest BCUT2D eigenvalue weighted by Gasteiger charge is 2.30. The van der Waals surface area contributed by atoms with Crippen LogP contribution in [0.4, 0.5) is 41.6 Å². The number of para-hydroxylation sites is 1. The van der Waals surface area contributed by atoms with Crippen LogP contribution in [0.1, 0.15) is 11.1 Å². The Bertz CT molecular complexity index is 2390. The Kier molecular flexibility index (Phi) is 6.32. The number of hydrogen-bond acceptors (Lipinski definition) is 4. The number of alkyl halides is 3. The molecule has 0 N–H and O–H groups in total. The maximum Gasteiger partial charge on any atom is 0.416 e. The van der Waals surface area contributed by atoms with Gasteiger partial charge in [0, 0.05) is 69.2 Å². The molecule has 0 aliphatic rings. The first kappa shape index (κ1) is 27.8. The van der Waals surface area contributed by atoms with Crippen molar-refractivity contribution in [3.8, 4) is 0 Å². The number of aryl methyl sites for hydroxylation is 1. The Morgan fingerprint density at radius 2 is 1.02 bits per heavy atom. The summed E-state index contributed by atoms with van der Waals surface area (Å²) in [6.45, 7) is 2.08. The second-order valence-electron chi connectivity index (χ2n) is 11.5. The van der Waals surface area contributed by atoms with Gasteiger partial charge in [0.25, 0.3) is 0 Å². The Morgan fingerprint density at radius 3 is 1.72 bits per heavy atom. The van der Waals surface area contributed by atoms with E-state index in [0.29, 0.717) is 11.3 Å². The van der Waals surface area contributed by atoms with Crippen LogP contribution in [0.3, 0.4) is 0 Å². The maximum absolute atomic E-state index is 13.1. The molecule has 0 atom stereocenters. The molecular formula is C39H27F3N2O2. The van der Waals surface area contributed by atoms with Crippen molar-refractivity contribution in [3.05, 3.63) is 139 Å². The molecule has 4 nitrogen and oxygen atoms in total. The Labute approximate surface area is 262 Å². The van der Waals surface area contributed by atoms with Gasteiger partial charge in [0.05, 0.1) is 5.56 Å². The molecule has 0 saturated heterocycles. The molecule has 0 radical (unpaired) electrons. The zero-order chi connectivity index (χ0) is 31.6. The maximum atomic E-state index is 13.1. The van der Waals surface area contributed by atoms with Crippen molar-refractivity contribution in [3.63, 3.8) is 0 Å². The Balaban J connectivity index is 1.20. The van der Waals surface area contributed by atoms with E-state index in [4.69, 9.17) is 8.83 Å². The van der Waals surface area contributed by atoms with Gasteiger partial charge in [0.2, 0.25) is 0 Å². The third kappa shape index (κ3) is 4.72. The van der Waals surface area contributed by atoms with E-state index in [-0.39, 0.29) is 0 Å². The number of benzene rings is 6. The fraction of sp³-hybridized carbons (Fsp3) is 0.0769. The van der Waals surface area contributed by atoms with Crippen LogP contribution in [0, 0.1) is 6.92 Å². The molecule has 46 heavy (non-hydrogen) atoms. The van der Waals surface area contributed by atoms with Gasteiger partial charge in [-0.25, -0.2) is 0 Å². The molecule has 0 aliphatic carbocycles. The van der Waals surface area contributed by atoms with E-state index in [9.17, 15) is 13.2 Å². The van der Waals surface area contributed by atoms with Crippen molar-refractivity contribution in [2.75, 3.05) is 16.8 Å². The van der Waals surface area contributed by atoms with Crippen LogP contribution in [0.25, 0.3) is 43.9 Å². The van der Waals surface area contributed by atoms with Crippen LogP contribution in [0.2, 0.25) is 0 Å². The van der Waals surface area contributed by atoms with Crippen molar-refractivity contribution in [1.82, 2.24) is 0 Å². The lowest BCUT2D eigenvalue weighted by Gasteiger charge is -2.25. The lowest BCUT2D eigenvalue weighted by Crippen LogP contribution is -2.10. The largest absolute Gasteiger partial charge is 0.456 e. The molecule has 0 fully saturated rings. The average molecular weight is 613 g/mol. The normalized spacial score (nSPS) is 12.0. The summed E-state index contributed by atoms with van der Waals surface area (Å²) in [7, 11) is 1.82. The van der Waals surface area contributed by atoms with Crippen LogP contribution in [0.15, 0.2) is 136 Å². The summed E-state index contributed by atoms with van der Waals surface area (Å²) in [5.74, 6) is 0. The van der Waals surface area contributed by atoms with E-state index in [2.05, 4.69) is 60.4 Å². The number of furan rings is 2. The molecule has 8 rings (SSSR count). The number of nitrogens with zero attached hydrogens (tertiary/aromatic N) is 2. The zero-order valence-corrected chi connectivity index (χ0v) is 25.0. The van der Waals surface area contributed by atoms with Crippen LogP contribution >= 0.6 is 0 Å². The molecule has 226 valence electrons. The SMILES string of the molecule is Cc1ccc2oc3ccc(N(c4ccccc4)c4ccc5c(c4)oc4cc(N(C)c6ccc(C(F)(F)F)cc6)ccc45)cc3c2c1. The number of hydrogen-bond donors (Lipinski definition) is 0. The average Bonchev–Trinajstić information content (AvgIpc) is 3.61. The molecular weight excluding hydrogens is 585 g/mol. The summed E-state index contributed by atoms with van der Waals surface area (Å²) in [6, 6.07) is 39.9. The summed E-state index contributed by atoms with van der Waals surface area (Å²) in [6.07, 6.45) is -4.38. The molecule has 0 amide bonds. The van der Waals surface area contributed by atoms with Crippen molar-refractivity contribution in [1.29, 1.82) is 0 Å². The first-order valence-electron chi connectivity index (χ1n) is 14.9. The molecule has 0 spiro atoms. The number of fused-ring (bicyclic) bond motifs is 6. The lowest BCUT2D eigenvalue weighted by molar-refractivity contribution is -0.137. The number of rotatable bonds is 5. The van der Waals surface area contributed by atoms with Crippen molar-refractivity contribution in [2.24, 2.45) is 0 Å². The topological polar surface area (TPSA) is 32.8 Å². The highest BCUT2D eigenvalue weighted by Crippen LogP contribution is 2.41. The molecule has 2 aromatic heterocycles. The highest BCUT2D eigenvalue weighted by molar-refractivity contribution is 6.08. The van der Waals surface area contributed by atoms with Crippen molar-refractivity contribution >= 4 is 72.3 Å². The fourth-order valence-electron chi connectivity index (χ4n) is 6.17. The minimum absolute atomic E-state index is 0.641. The summed E-state index contributed by atoms with van der Waals surface area (Å²) in [5, 5.41) is 4.06. The summed E-state index contributed by atoms with van der Waals surface area (Å²) in [4.78, 5) is 4.04. The van der Waals surface area contributed by atoms with Gasteiger partial charge < -0.3 is 18.6 Å². The van der Waals surface area contributed by atoms with Gasteiger partial charge in [0.15, 0.2) is 0 Å². The Morgan fingerprint density at radius 1 is 0.478 bits per heavy atom. The van der Waals surface area contributed by atoms with Gasteiger partial charge in [-0.2, -0.15) is 13.2 Å². The Hall–Kier alpha value is -5.69. The minimum Gasteiger partial charge on any atom is -0.456 e. The van der Waals surface area contributed by atoms with Crippen LogP contribution in [0.5, 0.6) is 0 Å². The van der Waals surface area contributed by atoms with Crippen molar-refractivity contribution < 1.29 is 22.0 Å². The quantitative estimate of drug-likeness (QED) is 0.194. The molecule has 8 aromatic rings. The van der Waals surface area contributed by atoms with Crippen LogP contribution in [-0.4, -0.2) is 7.05 Å². The van der Waals surface area contributed by atoms with E-state index < -0.39 is 11.7 Å². The second-order valence-corrected chi connectivity index (χ2v) is 11.5. The fourth-order valence-corrected chi connectivity index (χ4v) is 6.17. The summed E-state index contributed by atoms with van der Waals surface area (Å²) >= 11 is 0. The molecule has 6 aromatic carbocycles. The van der Waals surface area contributed by atoms with E-state index in [1.54, 1.807) is 0 Å². The lowest BCUT2D eigenvalue weighted by atomic mass is 10.1. The van der Waals surface area contributed by atoms with Crippen LogP contribution in [-0.2, 0) is 6.18 Å².